The number of morpholine rings is 1. The van der Waals surface area contributed by atoms with Crippen molar-refractivity contribution in [2.24, 2.45) is 0 Å². The molecule has 8 nitrogen and oxygen atoms in total. The largest absolute Gasteiger partial charge is 0.378 e. The summed E-state index contributed by atoms with van der Waals surface area (Å²) >= 11 is 0. The lowest BCUT2D eigenvalue weighted by atomic mass is 10.1. The molecule has 35 heavy (non-hydrogen) atoms. The summed E-state index contributed by atoms with van der Waals surface area (Å²) in [6.45, 7) is 9.47. The minimum absolute atomic E-state index is 0.0210. The number of hydrogen-bond acceptors (Lipinski definition) is 6. The van der Waals surface area contributed by atoms with Crippen LogP contribution >= 0.6 is 0 Å². The number of rotatable bonds is 8. The van der Waals surface area contributed by atoms with Crippen molar-refractivity contribution in [1.82, 2.24) is 14.7 Å². The summed E-state index contributed by atoms with van der Waals surface area (Å²) in [6, 6.07) is 16.2. The first-order valence-electron chi connectivity index (χ1n) is 12.4. The number of para-hydroxylation sites is 1. The van der Waals surface area contributed by atoms with Crippen LogP contribution in [0.5, 0.6) is 0 Å². The standard InChI is InChI=1S/C27H37N5O3/c1-22-7-9-24(10-8-22)28-26(33)20-30-11-13-32(14-12-30)27(34)21-29(2)19-23-5-3-4-6-25(23)31-15-17-35-18-16-31/h3-10H,11-21H2,1-2H3,(H,28,33). The van der Waals surface area contributed by atoms with E-state index >= 15 is 0 Å². The molecule has 0 aliphatic carbocycles. The molecule has 2 amide bonds. The lowest BCUT2D eigenvalue weighted by molar-refractivity contribution is -0.134. The fraction of sp³-hybridized carbons (Fsp3) is 0.481. The maximum atomic E-state index is 12.9. The van der Waals surface area contributed by atoms with Crippen molar-refractivity contribution in [3.05, 3.63) is 59.7 Å². The summed E-state index contributed by atoms with van der Waals surface area (Å²) in [4.78, 5) is 33.8. The van der Waals surface area contributed by atoms with Crippen molar-refractivity contribution in [1.29, 1.82) is 0 Å². The molecule has 2 aromatic carbocycles. The number of carbonyl (C=O) groups is 2. The summed E-state index contributed by atoms with van der Waals surface area (Å²) in [5.41, 5.74) is 4.44. The van der Waals surface area contributed by atoms with Crippen LogP contribution in [0.3, 0.4) is 0 Å². The third-order valence-corrected chi connectivity index (χ3v) is 6.62. The molecular formula is C27H37N5O3. The van der Waals surface area contributed by atoms with E-state index < -0.39 is 0 Å². The van der Waals surface area contributed by atoms with E-state index in [-0.39, 0.29) is 11.8 Å². The van der Waals surface area contributed by atoms with Crippen LogP contribution in [0.2, 0.25) is 0 Å². The van der Waals surface area contributed by atoms with Crippen LogP contribution in [0.1, 0.15) is 11.1 Å². The van der Waals surface area contributed by atoms with Gasteiger partial charge in [-0.1, -0.05) is 35.9 Å². The number of nitrogens with zero attached hydrogens (tertiary/aromatic N) is 4. The monoisotopic (exact) mass is 479 g/mol. The molecule has 1 N–H and O–H groups in total. The predicted octanol–water partition coefficient (Wildman–Crippen LogP) is 2.05. The van der Waals surface area contributed by atoms with Crippen molar-refractivity contribution in [2.75, 3.05) is 82.8 Å². The van der Waals surface area contributed by atoms with Gasteiger partial charge >= 0.3 is 0 Å². The zero-order valence-corrected chi connectivity index (χ0v) is 20.9. The van der Waals surface area contributed by atoms with E-state index in [4.69, 9.17) is 4.74 Å². The number of anilines is 2. The van der Waals surface area contributed by atoms with Crippen molar-refractivity contribution >= 4 is 23.2 Å². The third-order valence-electron chi connectivity index (χ3n) is 6.62. The van der Waals surface area contributed by atoms with E-state index in [0.717, 1.165) is 44.1 Å². The zero-order chi connectivity index (χ0) is 24.6. The molecule has 2 saturated heterocycles. The highest BCUT2D eigenvalue weighted by Gasteiger charge is 2.24. The van der Waals surface area contributed by atoms with Gasteiger partial charge < -0.3 is 19.9 Å². The van der Waals surface area contributed by atoms with Gasteiger partial charge in [0.15, 0.2) is 0 Å². The number of ether oxygens (including phenoxy) is 1. The maximum Gasteiger partial charge on any atom is 0.238 e. The number of hydrogen-bond donors (Lipinski definition) is 1. The van der Waals surface area contributed by atoms with Crippen LogP contribution in [0.4, 0.5) is 11.4 Å². The van der Waals surface area contributed by atoms with Crippen LogP contribution in [-0.2, 0) is 20.9 Å². The van der Waals surface area contributed by atoms with Gasteiger partial charge in [0, 0.05) is 57.2 Å². The van der Waals surface area contributed by atoms with E-state index in [1.54, 1.807) is 0 Å². The predicted molar refractivity (Wildman–Crippen MR) is 139 cm³/mol. The van der Waals surface area contributed by atoms with Gasteiger partial charge in [-0.2, -0.15) is 0 Å². The molecule has 0 spiro atoms. The third kappa shape index (κ3) is 7.27. The van der Waals surface area contributed by atoms with Gasteiger partial charge in [0.25, 0.3) is 0 Å². The molecule has 188 valence electrons. The normalized spacial score (nSPS) is 17.0. The number of benzene rings is 2. The molecule has 8 heteroatoms. The van der Waals surface area contributed by atoms with Gasteiger partial charge in [-0.25, -0.2) is 0 Å². The van der Waals surface area contributed by atoms with E-state index in [9.17, 15) is 9.59 Å². The average molecular weight is 480 g/mol. The fourth-order valence-electron chi connectivity index (χ4n) is 4.63. The Balaban J connectivity index is 1.21. The van der Waals surface area contributed by atoms with E-state index in [0.29, 0.717) is 39.3 Å². The molecule has 2 heterocycles. The summed E-state index contributed by atoms with van der Waals surface area (Å²) in [7, 11) is 2.00. The number of likely N-dealkylation sites (N-methyl/N-ethyl adjacent to an activating group) is 1. The molecule has 0 aromatic heterocycles. The number of piperazine rings is 1. The Morgan fingerprint density at radius 2 is 1.63 bits per heavy atom. The molecule has 2 fully saturated rings. The highest BCUT2D eigenvalue weighted by atomic mass is 16.5. The molecule has 0 bridgehead atoms. The van der Waals surface area contributed by atoms with Gasteiger partial charge in [0.1, 0.15) is 0 Å². The fourth-order valence-corrected chi connectivity index (χ4v) is 4.63. The van der Waals surface area contributed by atoms with Crippen LogP contribution in [0.15, 0.2) is 48.5 Å². The molecule has 0 saturated carbocycles. The van der Waals surface area contributed by atoms with E-state index in [1.165, 1.54) is 11.3 Å². The summed E-state index contributed by atoms with van der Waals surface area (Å²) < 4.78 is 5.49. The SMILES string of the molecule is Cc1ccc(NC(=O)CN2CCN(C(=O)CN(C)Cc3ccccc3N3CCOCC3)CC2)cc1. The number of aryl methyl sites for hydroxylation is 1. The average Bonchev–Trinajstić information content (AvgIpc) is 2.86. The number of nitrogens with one attached hydrogen (secondary N) is 1. The quantitative estimate of drug-likeness (QED) is 0.625. The second-order valence-corrected chi connectivity index (χ2v) is 9.47. The van der Waals surface area contributed by atoms with Gasteiger partial charge in [-0.15, -0.1) is 0 Å². The first-order valence-corrected chi connectivity index (χ1v) is 12.4. The van der Waals surface area contributed by atoms with E-state index in [2.05, 4.69) is 44.3 Å². The first-order chi connectivity index (χ1) is 17.0. The van der Waals surface area contributed by atoms with Gasteiger partial charge in [0.05, 0.1) is 26.3 Å². The van der Waals surface area contributed by atoms with Crippen molar-refractivity contribution in [3.8, 4) is 0 Å². The Kier molecular flexibility index (Phi) is 8.74. The smallest absolute Gasteiger partial charge is 0.238 e. The lowest BCUT2D eigenvalue weighted by Gasteiger charge is -2.35. The molecule has 0 radical (unpaired) electrons. The van der Waals surface area contributed by atoms with Gasteiger partial charge in [-0.3, -0.25) is 19.4 Å². The zero-order valence-electron chi connectivity index (χ0n) is 20.9. The Labute approximate surface area is 208 Å². The minimum atomic E-state index is -0.0210. The Morgan fingerprint density at radius 3 is 2.34 bits per heavy atom. The second-order valence-electron chi connectivity index (χ2n) is 9.47. The van der Waals surface area contributed by atoms with Crippen molar-refractivity contribution in [2.45, 2.75) is 13.5 Å². The Hall–Kier alpha value is -2.94. The number of carbonyl (C=O) groups excluding carboxylic acids is 2. The summed E-state index contributed by atoms with van der Waals surface area (Å²) in [6.07, 6.45) is 0. The Morgan fingerprint density at radius 1 is 0.943 bits per heavy atom. The van der Waals surface area contributed by atoms with Crippen LogP contribution < -0.4 is 10.2 Å². The molecule has 2 aliphatic heterocycles. The van der Waals surface area contributed by atoms with Crippen LogP contribution in [-0.4, -0.2) is 99.1 Å². The maximum absolute atomic E-state index is 12.9. The van der Waals surface area contributed by atoms with Crippen molar-refractivity contribution in [3.63, 3.8) is 0 Å². The highest BCUT2D eigenvalue weighted by Crippen LogP contribution is 2.22. The molecule has 0 atom stereocenters. The first kappa shape index (κ1) is 25.2. The molecule has 2 aromatic rings. The van der Waals surface area contributed by atoms with Crippen LogP contribution in [0.25, 0.3) is 0 Å². The molecule has 2 aliphatic rings. The van der Waals surface area contributed by atoms with Crippen molar-refractivity contribution < 1.29 is 14.3 Å². The van der Waals surface area contributed by atoms with E-state index in [1.807, 2.05) is 43.1 Å². The van der Waals surface area contributed by atoms with Crippen LogP contribution in [0, 0.1) is 6.92 Å². The molecule has 0 unspecified atom stereocenters. The topological polar surface area (TPSA) is 68.4 Å². The second kappa shape index (κ2) is 12.2. The summed E-state index contributed by atoms with van der Waals surface area (Å²) in [5.74, 6) is 0.118. The van der Waals surface area contributed by atoms with Gasteiger partial charge in [0.2, 0.25) is 11.8 Å². The summed E-state index contributed by atoms with van der Waals surface area (Å²) in [5, 5.41) is 2.95. The molecule has 4 rings (SSSR count). The minimum Gasteiger partial charge on any atom is -0.378 e. The highest BCUT2D eigenvalue weighted by molar-refractivity contribution is 5.92. The lowest BCUT2D eigenvalue weighted by Crippen LogP contribution is -2.52. The number of amides is 2. The Bertz CT molecular complexity index is 983. The molecular weight excluding hydrogens is 442 g/mol. The van der Waals surface area contributed by atoms with Gasteiger partial charge in [-0.05, 0) is 37.7 Å².